The van der Waals surface area contributed by atoms with Gasteiger partial charge in [0.2, 0.25) is 10.0 Å². The second-order valence-corrected chi connectivity index (χ2v) is 5.69. The lowest BCUT2D eigenvalue weighted by atomic mass is 10.2. The van der Waals surface area contributed by atoms with Crippen LogP contribution < -0.4 is 10.5 Å². The van der Waals surface area contributed by atoms with Crippen molar-refractivity contribution >= 4 is 10.0 Å². The predicted molar refractivity (Wildman–Crippen MR) is 64.4 cm³/mol. The number of rotatable bonds is 6. The summed E-state index contributed by atoms with van der Waals surface area (Å²) < 4.78 is 51.9. The summed E-state index contributed by atoms with van der Waals surface area (Å²) in [7, 11) is -4.07. The summed E-state index contributed by atoms with van der Waals surface area (Å²) in [4.78, 5) is -0.703. The van der Waals surface area contributed by atoms with Crippen molar-refractivity contribution in [3.63, 3.8) is 0 Å². The molecule has 0 bridgehead atoms. The number of hydrogen-bond acceptors (Lipinski definition) is 3. The first kappa shape index (κ1) is 15.0. The van der Waals surface area contributed by atoms with Gasteiger partial charge in [0.1, 0.15) is 4.90 Å². The van der Waals surface area contributed by atoms with Crippen LogP contribution in [-0.2, 0) is 10.0 Å². The summed E-state index contributed by atoms with van der Waals surface area (Å²) in [5.74, 6) is -2.58. The van der Waals surface area contributed by atoms with Gasteiger partial charge < -0.3 is 5.73 Å². The van der Waals surface area contributed by atoms with Crippen LogP contribution in [0.15, 0.2) is 23.1 Å². The normalized spacial score (nSPS) is 13.6. The van der Waals surface area contributed by atoms with Gasteiger partial charge in [-0.15, -0.1) is 0 Å². The molecule has 0 radical (unpaired) electrons. The molecule has 0 fully saturated rings. The summed E-state index contributed by atoms with van der Waals surface area (Å²) in [6.07, 6.45) is 1.46. The summed E-state index contributed by atoms with van der Waals surface area (Å²) in [6.45, 7) is 1.91. The van der Waals surface area contributed by atoms with E-state index in [0.29, 0.717) is 6.42 Å². The van der Waals surface area contributed by atoms with E-state index in [0.717, 1.165) is 24.6 Å². The molecule has 1 atom stereocenters. The maximum absolute atomic E-state index is 13.3. The van der Waals surface area contributed by atoms with E-state index in [2.05, 4.69) is 4.72 Å². The molecular formula is C11H16F2N2O2S. The van der Waals surface area contributed by atoms with Crippen LogP contribution >= 0.6 is 0 Å². The van der Waals surface area contributed by atoms with E-state index in [9.17, 15) is 17.2 Å². The smallest absolute Gasteiger partial charge is 0.243 e. The van der Waals surface area contributed by atoms with Crippen LogP contribution in [0.2, 0.25) is 0 Å². The van der Waals surface area contributed by atoms with E-state index in [1.807, 2.05) is 6.92 Å². The van der Waals surface area contributed by atoms with Gasteiger partial charge >= 0.3 is 0 Å². The molecule has 1 aromatic rings. The van der Waals surface area contributed by atoms with Gasteiger partial charge in [0.25, 0.3) is 0 Å². The minimum absolute atomic E-state index is 0.00781. The number of nitrogens with two attached hydrogens (primary N) is 1. The van der Waals surface area contributed by atoms with Crippen LogP contribution in [0.1, 0.15) is 19.8 Å². The maximum Gasteiger partial charge on any atom is 0.243 e. The standard InChI is InChI=1S/C11H16F2N2O2S/c1-2-4-8(14)7-15-18(16,17)10-6-3-5-9(12)11(10)13/h3,5-6,8,15H,2,4,7,14H2,1H3/t8-/m1/s1. The second kappa shape index (κ2) is 6.21. The van der Waals surface area contributed by atoms with E-state index in [4.69, 9.17) is 5.73 Å². The molecule has 0 amide bonds. The lowest BCUT2D eigenvalue weighted by Gasteiger charge is -2.12. The van der Waals surface area contributed by atoms with Crippen LogP contribution in [0.3, 0.4) is 0 Å². The topological polar surface area (TPSA) is 72.2 Å². The molecule has 4 nitrogen and oxygen atoms in total. The Morgan fingerprint density at radius 3 is 2.67 bits per heavy atom. The highest BCUT2D eigenvalue weighted by Gasteiger charge is 2.21. The van der Waals surface area contributed by atoms with E-state index in [1.165, 1.54) is 0 Å². The van der Waals surface area contributed by atoms with Crippen molar-refractivity contribution in [1.82, 2.24) is 4.72 Å². The molecule has 1 rings (SSSR count). The molecule has 0 aliphatic carbocycles. The third-order valence-corrected chi connectivity index (χ3v) is 3.84. The van der Waals surface area contributed by atoms with Gasteiger partial charge in [0.05, 0.1) is 0 Å². The minimum atomic E-state index is -4.07. The predicted octanol–water partition coefficient (Wildman–Crippen LogP) is 1.37. The molecule has 0 aliphatic heterocycles. The highest BCUT2D eigenvalue weighted by Crippen LogP contribution is 2.16. The molecule has 18 heavy (non-hydrogen) atoms. The van der Waals surface area contributed by atoms with Crippen molar-refractivity contribution in [1.29, 1.82) is 0 Å². The lowest BCUT2D eigenvalue weighted by Crippen LogP contribution is -2.37. The molecule has 0 spiro atoms. The maximum atomic E-state index is 13.3. The molecule has 3 N–H and O–H groups in total. The molecule has 7 heteroatoms. The SMILES string of the molecule is CCC[C@@H](N)CNS(=O)(=O)c1cccc(F)c1F. The van der Waals surface area contributed by atoms with Gasteiger partial charge in [0, 0.05) is 12.6 Å². The Balaban J connectivity index is 2.84. The van der Waals surface area contributed by atoms with Crippen LogP contribution in [0.5, 0.6) is 0 Å². The quantitative estimate of drug-likeness (QED) is 0.825. The minimum Gasteiger partial charge on any atom is -0.327 e. The monoisotopic (exact) mass is 278 g/mol. The fourth-order valence-corrected chi connectivity index (χ4v) is 2.64. The number of halogens is 2. The molecule has 0 unspecified atom stereocenters. The Hall–Kier alpha value is -1.05. The highest BCUT2D eigenvalue weighted by atomic mass is 32.2. The Morgan fingerprint density at radius 1 is 1.39 bits per heavy atom. The van der Waals surface area contributed by atoms with E-state index in [1.54, 1.807) is 0 Å². The molecule has 0 heterocycles. The summed E-state index contributed by atoms with van der Waals surface area (Å²) in [5.41, 5.74) is 5.64. The van der Waals surface area contributed by atoms with Crippen molar-refractivity contribution in [2.75, 3.05) is 6.54 Å². The zero-order valence-corrected chi connectivity index (χ0v) is 10.8. The Kier molecular flexibility index (Phi) is 5.18. The molecule has 0 saturated carbocycles. The van der Waals surface area contributed by atoms with E-state index in [-0.39, 0.29) is 12.6 Å². The van der Waals surface area contributed by atoms with Crippen molar-refractivity contribution in [2.24, 2.45) is 5.73 Å². The third-order valence-electron chi connectivity index (χ3n) is 2.40. The Labute approximate surface area is 105 Å². The number of hydrogen-bond donors (Lipinski definition) is 2. The van der Waals surface area contributed by atoms with Gasteiger partial charge in [0.15, 0.2) is 11.6 Å². The summed E-state index contributed by atoms with van der Waals surface area (Å²) in [6, 6.07) is 2.66. The molecule has 0 aromatic heterocycles. The fraction of sp³-hybridized carbons (Fsp3) is 0.455. The lowest BCUT2D eigenvalue weighted by molar-refractivity contribution is 0.482. The Bertz CT molecular complexity index is 506. The van der Waals surface area contributed by atoms with Crippen LogP contribution in [0.4, 0.5) is 8.78 Å². The number of sulfonamides is 1. The van der Waals surface area contributed by atoms with Gasteiger partial charge in [-0.3, -0.25) is 0 Å². The van der Waals surface area contributed by atoms with Crippen molar-refractivity contribution in [2.45, 2.75) is 30.7 Å². The van der Waals surface area contributed by atoms with Crippen molar-refractivity contribution in [3.8, 4) is 0 Å². The van der Waals surface area contributed by atoms with Crippen LogP contribution in [0, 0.1) is 11.6 Å². The average Bonchev–Trinajstić information content (AvgIpc) is 2.30. The Morgan fingerprint density at radius 2 is 2.06 bits per heavy atom. The van der Waals surface area contributed by atoms with Gasteiger partial charge in [-0.1, -0.05) is 19.4 Å². The largest absolute Gasteiger partial charge is 0.327 e. The van der Waals surface area contributed by atoms with Crippen molar-refractivity contribution in [3.05, 3.63) is 29.8 Å². The summed E-state index contributed by atoms with van der Waals surface area (Å²) in [5, 5.41) is 0. The molecule has 0 saturated heterocycles. The van der Waals surface area contributed by atoms with E-state index >= 15 is 0 Å². The molecular weight excluding hydrogens is 262 g/mol. The first-order valence-corrected chi connectivity index (χ1v) is 7.06. The molecule has 1 aromatic carbocycles. The van der Waals surface area contributed by atoms with Crippen molar-refractivity contribution < 1.29 is 17.2 Å². The molecule has 102 valence electrons. The third kappa shape index (κ3) is 3.72. The summed E-state index contributed by atoms with van der Waals surface area (Å²) >= 11 is 0. The fourth-order valence-electron chi connectivity index (χ4n) is 1.46. The van der Waals surface area contributed by atoms with Gasteiger partial charge in [-0.05, 0) is 18.6 Å². The van der Waals surface area contributed by atoms with Crippen LogP contribution in [-0.4, -0.2) is 21.0 Å². The number of nitrogens with one attached hydrogen (secondary N) is 1. The van der Waals surface area contributed by atoms with E-state index < -0.39 is 26.6 Å². The van der Waals surface area contributed by atoms with Crippen LogP contribution in [0.25, 0.3) is 0 Å². The zero-order valence-electron chi connectivity index (χ0n) is 9.99. The number of benzene rings is 1. The average molecular weight is 278 g/mol. The highest BCUT2D eigenvalue weighted by molar-refractivity contribution is 7.89. The van der Waals surface area contributed by atoms with Gasteiger partial charge in [-0.2, -0.15) is 0 Å². The van der Waals surface area contributed by atoms with Gasteiger partial charge in [-0.25, -0.2) is 21.9 Å². The molecule has 0 aliphatic rings. The second-order valence-electron chi connectivity index (χ2n) is 3.95. The zero-order chi connectivity index (χ0) is 13.8. The first-order valence-electron chi connectivity index (χ1n) is 5.57. The first-order chi connectivity index (χ1) is 8.38.